The molecule has 2 fully saturated rings. The molecule has 1 unspecified atom stereocenters. The van der Waals surface area contributed by atoms with Crippen molar-refractivity contribution in [1.29, 1.82) is 0 Å². The van der Waals surface area contributed by atoms with E-state index in [4.69, 9.17) is 0 Å². The smallest absolute Gasteiger partial charge is 0.300 e. The number of likely N-dealkylation sites (tertiary alicyclic amines) is 1. The van der Waals surface area contributed by atoms with Gasteiger partial charge in [0.1, 0.15) is 0 Å². The summed E-state index contributed by atoms with van der Waals surface area (Å²) < 4.78 is 38.1. The maximum absolute atomic E-state index is 12.7. The van der Waals surface area contributed by atoms with Crippen molar-refractivity contribution in [2.75, 3.05) is 24.6 Å². The lowest BCUT2D eigenvalue weighted by molar-refractivity contribution is -0.137. The first-order valence-corrected chi connectivity index (χ1v) is 11.5. The molecule has 6 heteroatoms. The molecule has 27 heavy (non-hydrogen) atoms. The summed E-state index contributed by atoms with van der Waals surface area (Å²) in [5, 5.41) is 0. The SMILES string of the molecule is CCCSCC1CCCN(C2CCC(c3ccc(C(F)(F)F)cn3)CC2)C1. The molecule has 1 saturated heterocycles. The fraction of sp³-hybridized carbons (Fsp3) is 0.762. The lowest BCUT2D eigenvalue weighted by Gasteiger charge is -2.41. The Balaban J connectivity index is 1.48. The molecule has 1 aromatic rings. The second-order valence-corrected chi connectivity index (χ2v) is 9.20. The molecule has 2 heterocycles. The van der Waals surface area contributed by atoms with Gasteiger partial charge in [0.15, 0.2) is 0 Å². The van der Waals surface area contributed by atoms with Crippen LogP contribution in [0, 0.1) is 5.92 Å². The molecular weight excluding hydrogens is 369 g/mol. The van der Waals surface area contributed by atoms with Crippen molar-refractivity contribution in [2.45, 2.75) is 70.0 Å². The predicted molar refractivity (Wildman–Crippen MR) is 106 cm³/mol. The first-order chi connectivity index (χ1) is 13.0. The van der Waals surface area contributed by atoms with Gasteiger partial charge in [-0.2, -0.15) is 24.9 Å². The van der Waals surface area contributed by atoms with Gasteiger partial charge in [-0.3, -0.25) is 4.98 Å². The molecule has 0 aromatic carbocycles. The monoisotopic (exact) mass is 400 g/mol. The maximum Gasteiger partial charge on any atom is 0.417 e. The Morgan fingerprint density at radius 3 is 2.56 bits per heavy atom. The Kier molecular flexibility index (Phi) is 7.49. The van der Waals surface area contributed by atoms with Crippen LogP contribution in [-0.2, 0) is 6.18 Å². The third-order valence-electron chi connectivity index (χ3n) is 6.00. The fourth-order valence-corrected chi connectivity index (χ4v) is 5.57. The number of nitrogens with zero attached hydrogens (tertiary/aromatic N) is 2. The summed E-state index contributed by atoms with van der Waals surface area (Å²) in [6.45, 7) is 4.68. The minimum absolute atomic E-state index is 0.309. The van der Waals surface area contributed by atoms with Gasteiger partial charge in [0.05, 0.1) is 5.56 Å². The molecule has 3 rings (SSSR count). The first kappa shape index (κ1) is 21.0. The third-order valence-corrected chi connectivity index (χ3v) is 7.40. The van der Waals surface area contributed by atoms with E-state index < -0.39 is 11.7 Å². The van der Waals surface area contributed by atoms with Gasteiger partial charge in [-0.05, 0) is 81.0 Å². The Morgan fingerprint density at radius 1 is 1.15 bits per heavy atom. The molecule has 1 aliphatic heterocycles. The van der Waals surface area contributed by atoms with Crippen molar-refractivity contribution < 1.29 is 13.2 Å². The van der Waals surface area contributed by atoms with Gasteiger partial charge in [-0.15, -0.1) is 0 Å². The van der Waals surface area contributed by atoms with Crippen LogP contribution < -0.4 is 0 Å². The van der Waals surface area contributed by atoms with Crippen LogP contribution in [0.5, 0.6) is 0 Å². The molecule has 2 aliphatic rings. The van der Waals surface area contributed by atoms with E-state index in [1.165, 1.54) is 49.9 Å². The summed E-state index contributed by atoms with van der Waals surface area (Å²) in [7, 11) is 0. The number of thioether (sulfide) groups is 1. The van der Waals surface area contributed by atoms with E-state index in [-0.39, 0.29) is 0 Å². The Bertz CT molecular complexity index is 568. The molecule has 1 aliphatic carbocycles. The van der Waals surface area contributed by atoms with E-state index in [1.54, 1.807) is 6.07 Å². The van der Waals surface area contributed by atoms with Crippen molar-refractivity contribution >= 4 is 11.8 Å². The van der Waals surface area contributed by atoms with Crippen molar-refractivity contribution in [3.8, 4) is 0 Å². The number of piperidine rings is 1. The lowest BCUT2D eigenvalue weighted by Crippen LogP contribution is -2.44. The fourth-order valence-electron chi connectivity index (χ4n) is 4.51. The van der Waals surface area contributed by atoms with Crippen LogP contribution in [0.2, 0.25) is 0 Å². The number of rotatable bonds is 6. The number of hydrogen-bond acceptors (Lipinski definition) is 3. The summed E-state index contributed by atoms with van der Waals surface area (Å²) >= 11 is 2.09. The molecule has 0 bridgehead atoms. The van der Waals surface area contributed by atoms with Gasteiger partial charge in [-0.25, -0.2) is 0 Å². The third kappa shape index (κ3) is 5.86. The van der Waals surface area contributed by atoms with Crippen LogP contribution in [-0.4, -0.2) is 40.5 Å². The van der Waals surface area contributed by atoms with Gasteiger partial charge in [0.25, 0.3) is 0 Å². The number of pyridine rings is 1. The normalized spacial score (nSPS) is 27.6. The van der Waals surface area contributed by atoms with Crippen LogP contribution >= 0.6 is 11.8 Å². The topological polar surface area (TPSA) is 16.1 Å². The standard InChI is InChI=1S/C21H31F3N2S/c1-2-12-27-15-16-4-3-11-26(14-16)19-8-5-17(6-9-19)20-10-7-18(13-25-20)21(22,23)24/h7,10,13,16-17,19H,2-6,8-9,11-12,14-15H2,1H3. The lowest BCUT2D eigenvalue weighted by atomic mass is 9.82. The first-order valence-electron chi connectivity index (χ1n) is 10.3. The molecule has 2 nitrogen and oxygen atoms in total. The van der Waals surface area contributed by atoms with Crippen LogP contribution in [0.3, 0.4) is 0 Å². The quantitative estimate of drug-likeness (QED) is 0.546. The highest BCUT2D eigenvalue weighted by molar-refractivity contribution is 7.99. The Morgan fingerprint density at radius 2 is 1.93 bits per heavy atom. The van der Waals surface area contributed by atoms with Crippen LogP contribution in [0.4, 0.5) is 13.2 Å². The Labute approximate surface area is 165 Å². The van der Waals surface area contributed by atoms with Crippen molar-refractivity contribution in [3.05, 3.63) is 29.6 Å². The van der Waals surface area contributed by atoms with Crippen LogP contribution in [0.25, 0.3) is 0 Å². The highest BCUT2D eigenvalue weighted by Crippen LogP contribution is 2.36. The second-order valence-electron chi connectivity index (χ2n) is 8.05. The zero-order valence-corrected chi connectivity index (χ0v) is 17.0. The summed E-state index contributed by atoms with van der Waals surface area (Å²) in [4.78, 5) is 6.82. The number of hydrogen-bond donors (Lipinski definition) is 0. The summed E-state index contributed by atoms with van der Waals surface area (Å²) in [5.74, 6) is 3.69. The van der Waals surface area contributed by atoms with E-state index in [0.29, 0.717) is 12.0 Å². The predicted octanol–water partition coefficient (Wildman–Crippen LogP) is 5.98. The molecular formula is C21H31F3N2S. The number of alkyl halides is 3. The largest absolute Gasteiger partial charge is 0.417 e. The maximum atomic E-state index is 12.7. The highest BCUT2D eigenvalue weighted by atomic mass is 32.2. The van der Waals surface area contributed by atoms with Crippen LogP contribution in [0.1, 0.15) is 69.0 Å². The molecule has 1 saturated carbocycles. The van der Waals surface area contributed by atoms with Gasteiger partial charge in [0.2, 0.25) is 0 Å². The van der Waals surface area contributed by atoms with Crippen molar-refractivity contribution in [1.82, 2.24) is 9.88 Å². The van der Waals surface area contributed by atoms with E-state index in [2.05, 4.69) is 28.6 Å². The van der Waals surface area contributed by atoms with E-state index in [1.807, 2.05) is 0 Å². The second kappa shape index (κ2) is 9.64. The molecule has 0 radical (unpaired) electrons. The molecule has 1 aromatic heterocycles. The van der Waals surface area contributed by atoms with Gasteiger partial charge >= 0.3 is 6.18 Å². The summed E-state index contributed by atoms with van der Waals surface area (Å²) in [6.07, 6.45) is 4.96. The highest BCUT2D eigenvalue weighted by Gasteiger charge is 2.33. The summed E-state index contributed by atoms with van der Waals surface area (Å²) in [6, 6.07) is 3.41. The summed E-state index contributed by atoms with van der Waals surface area (Å²) in [5.41, 5.74) is 0.175. The van der Waals surface area contributed by atoms with Gasteiger partial charge in [0, 0.05) is 30.4 Å². The average Bonchev–Trinajstić information content (AvgIpc) is 2.68. The van der Waals surface area contributed by atoms with Crippen LogP contribution in [0.15, 0.2) is 18.3 Å². The molecule has 0 spiro atoms. The molecule has 1 atom stereocenters. The van der Waals surface area contributed by atoms with Crippen molar-refractivity contribution in [3.63, 3.8) is 0 Å². The Hall–Kier alpha value is -0.750. The van der Waals surface area contributed by atoms with Gasteiger partial charge < -0.3 is 4.90 Å². The molecule has 0 amide bonds. The average molecular weight is 401 g/mol. The van der Waals surface area contributed by atoms with Crippen molar-refractivity contribution in [2.24, 2.45) is 5.92 Å². The molecule has 0 N–H and O–H groups in total. The minimum Gasteiger partial charge on any atom is -0.300 e. The zero-order chi connectivity index (χ0) is 19.3. The molecule has 152 valence electrons. The zero-order valence-electron chi connectivity index (χ0n) is 16.2. The van der Waals surface area contributed by atoms with E-state index in [9.17, 15) is 13.2 Å². The van der Waals surface area contributed by atoms with E-state index >= 15 is 0 Å². The van der Waals surface area contributed by atoms with E-state index in [0.717, 1.165) is 43.5 Å². The minimum atomic E-state index is -4.30. The number of aromatic nitrogens is 1. The number of halogens is 3. The van der Waals surface area contributed by atoms with Gasteiger partial charge in [-0.1, -0.05) is 6.92 Å².